The van der Waals surface area contributed by atoms with Crippen molar-refractivity contribution in [1.29, 1.82) is 0 Å². The highest BCUT2D eigenvalue weighted by Crippen LogP contribution is 2.19. The van der Waals surface area contributed by atoms with Crippen LogP contribution in [0.1, 0.15) is 32.3 Å². The van der Waals surface area contributed by atoms with Crippen molar-refractivity contribution in [2.45, 2.75) is 33.1 Å². The van der Waals surface area contributed by atoms with Crippen molar-refractivity contribution >= 4 is 11.6 Å². The highest BCUT2D eigenvalue weighted by molar-refractivity contribution is 5.56. The largest absolute Gasteiger partial charge is 0.396 e. The minimum atomic E-state index is 0.245. The second-order valence-corrected chi connectivity index (χ2v) is 4.40. The van der Waals surface area contributed by atoms with E-state index < -0.39 is 0 Å². The maximum Gasteiger partial charge on any atom is 0.148 e. The molecule has 1 heterocycles. The number of nitrogens with zero attached hydrogens (tertiary/aromatic N) is 2. The van der Waals surface area contributed by atoms with Gasteiger partial charge in [0.1, 0.15) is 18.0 Å². The summed E-state index contributed by atoms with van der Waals surface area (Å²) in [7, 11) is 0. The van der Waals surface area contributed by atoms with Crippen LogP contribution in [0.15, 0.2) is 6.33 Å². The average molecular weight is 253 g/mol. The number of nitrogens with two attached hydrogens (primary N) is 1. The molecule has 1 unspecified atom stereocenters. The van der Waals surface area contributed by atoms with Crippen molar-refractivity contribution in [1.82, 2.24) is 9.97 Å². The zero-order chi connectivity index (χ0) is 13.4. The maximum absolute atomic E-state index is 8.94. The van der Waals surface area contributed by atoms with E-state index in [-0.39, 0.29) is 6.61 Å². The van der Waals surface area contributed by atoms with Crippen LogP contribution in [0.25, 0.3) is 0 Å². The number of hydrogen-bond acceptors (Lipinski definition) is 6. The van der Waals surface area contributed by atoms with Gasteiger partial charge in [-0.25, -0.2) is 15.8 Å². The zero-order valence-electron chi connectivity index (χ0n) is 11.1. The number of hydrogen-bond donors (Lipinski definition) is 4. The summed E-state index contributed by atoms with van der Waals surface area (Å²) >= 11 is 0. The van der Waals surface area contributed by atoms with E-state index in [1.807, 2.05) is 13.8 Å². The van der Waals surface area contributed by atoms with Gasteiger partial charge in [0.2, 0.25) is 0 Å². The van der Waals surface area contributed by atoms with Crippen molar-refractivity contribution < 1.29 is 5.11 Å². The number of hydrazine groups is 1. The topological polar surface area (TPSA) is 96.1 Å². The molecule has 0 aliphatic heterocycles. The number of aliphatic hydroxyl groups is 1. The van der Waals surface area contributed by atoms with Crippen LogP contribution in [0, 0.1) is 5.92 Å². The van der Waals surface area contributed by atoms with Gasteiger partial charge in [0.05, 0.1) is 0 Å². The van der Waals surface area contributed by atoms with Gasteiger partial charge in [0.25, 0.3) is 0 Å². The molecule has 1 atom stereocenters. The van der Waals surface area contributed by atoms with E-state index in [0.717, 1.165) is 37.2 Å². The fourth-order valence-corrected chi connectivity index (χ4v) is 1.77. The fraction of sp³-hybridized carbons (Fsp3) is 0.667. The Hall–Kier alpha value is -1.40. The Morgan fingerprint density at radius 1 is 1.39 bits per heavy atom. The molecule has 0 amide bonds. The number of aromatic nitrogens is 2. The summed E-state index contributed by atoms with van der Waals surface area (Å²) < 4.78 is 0. The second-order valence-electron chi connectivity index (χ2n) is 4.40. The first-order valence-corrected chi connectivity index (χ1v) is 6.38. The number of anilines is 2. The molecule has 5 N–H and O–H groups in total. The number of aliphatic hydroxyl groups excluding tert-OH is 1. The molecule has 1 rings (SSSR count). The van der Waals surface area contributed by atoms with Crippen LogP contribution in [-0.2, 0) is 6.42 Å². The smallest absolute Gasteiger partial charge is 0.148 e. The fourth-order valence-electron chi connectivity index (χ4n) is 1.77. The predicted molar refractivity (Wildman–Crippen MR) is 73.2 cm³/mol. The lowest BCUT2D eigenvalue weighted by Gasteiger charge is -2.13. The van der Waals surface area contributed by atoms with Gasteiger partial charge in [0, 0.05) is 18.7 Å². The predicted octanol–water partition coefficient (Wildman–Crippen LogP) is 1.15. The molecule has 0 fully saturated rings. The first-order valence-electron chi connectivity index (χ1n) is 6.38. The Bertz CT molecular complexity index is 358. The minimum absolute atomic E-state index is 0.245. The van der Waals surface area contributed by atoms with Gasteiger partial charge in [-0.1, -0.05) is 13.8 Å². The maximum atomic E-state index is 8.94. The first kappa shape index (κ1) is 14.7. The van der Waals surface area contributed by atoms with E-state index in [1.54, 1.807) is 0 Å². The molecule has 1 aromatic rings. The molecule has 6 nitrogen and oxygen atoms in total. The molecule has 0 saturated heterocycles. The first-order chi connectivity index (χ1) is 8.72. The number of rotatable bonds is 8. The van der Waals surface area contributed by atoms with Crippen molar-refractivity contribution in [3.05, 3.63) is 11.9 Å². The molecule has 0 bridgehead atoms. The third kappa shape index (κ3) is 4.12. The molecule has 6 heteroatoms. The summed E-state index contributed by atoms with van der Waals surface area (Å²) in [6.45, 7) is 5.16. The van der Waals surface area contributed by atoms with Crippen LogP contribution < -0.4 is 16.6 Å². The van der Waals surface area contributed by atoms with E-state index in [1.165, 1.54) is 6.33 Å². The molecular formula is C12H23N5O. The van der Waals surface area contributed by atoms with Crippen molar-refractivity contribution in [2.75, 3.05) is 23.9 Å². The Balaban J connectivity index is 2.51. The summed E-state index contributed by atoms with van der Waals surface area (Å²) in [6, 6.07) is 0. The van der Waals surface area contributed by atoms with Gasteiger partial charge in [-0.15, -0.1) is 0 Å². The third-order valence-corrected chi connectivity index (χ3v) is 2.91. The van der Waals surface area contributed by atoms with E-state index in [0.29, 0.717) is 11.7 Å². The molecular weight excluding hydrogens is 230 g/mol. The molecule has 0 spiro atoms. The second kappa shape index (κ2) is 7.84. The van der Waals surface area contributed by atoms with Gasteiger partial charge in [-0.2, -0.15) is 0 Å². The standard InChI is InChI=1S/C12H23N5O/c1-3-10-11(15-8-16-12(10)17-13)14-6-4-5-9(2)7-18/h8-9,18H,3-7,13H2,1-2H3,(H2,14,15,16,17). The number of nitrogen functional groups attached to an aromatic ring is 1. The van der Waals surface area contributed by atoms with Gasteiger partial charge in [-0.05, 0) is 25.2 Å². The van der Waals surface area contributed by atoms with Crippen LogP contribution >= 0.6 is 0 Å². The Labute approximate surface area is 108 Å². The van der Waals surface area contributed by atoms with E-state index in [4.69, 9.17) is 10.9 Å². The third-order valence-electron chi connectivity index (χ3n) is 2.91. The Kier molecular flexibility index (Phi) is 6.38. The lowest BCUT2D eigenvalue weighted by Crippen LogP contribution is -2.14. The molecule has 1 aromatic heterocycles. The van der Waals surface area contributed by atoms with E-state index >= 15 is 0 Å². The minimum Gasteiger partial charge on any atom is -0.396 e. The zero-order valence-corrected chi connectivity index (χ0v) is 11.1. The summed E-state index contributed by atoms with van der Waals surface area (Å²) in [5.74, 6) is 7.26. The highest BCUT2D eigenvalue weighted by atomic mass is 16.3. The monoisotopic (exact) mass is 253 g/mol. The molecule has 18 heavy (non-hydrogen) atoms. The quantitative estimate of drug-likeness (QED) is 0.315. The normalized spacial score (nSPS) is 12.2. The van der Waals surface area contributed by atoms with Crippen LogP contribution in [0.4, 0.5) is 11.6 Å². The van der Waals surface area contributed by atoms with Crippen molar-refractivity contribution in [3.8, 4) is 0 Å². The van der Waals surface area contributed by atoms with Gasteiger partial charge in [0.15, 0.2) is 0 Å². The summed E-state index contributed by atoms with van der Waals surface area (Å²) in [4.78, 5) is 8.31. The molecule has 102 valence electrons. The lowest BCUT2D eigenvalue weighted by atomic mass is 10.1. The molecule has 0 aliphatic rings. The Morgan fingerprint density at radius 3 is 2.72 bits per heavy atom. The van der Waals surface area contributed by atoms with Gasteiger partial charge < -0.3 is 15.8 Å². The highest BCUT2D eigenvalue weighted by Gasteiger charge is 2.08. The molecule has 0 radical (unpaired) electrons. The summed E-state index contributed by atoms with van der Waals surface area (Å²) in [5, 5.41) is 12.2. The average Bonchev–Trinajstić information content (AvgIpc) is 2.42. The molecule has 0 aromatic carbocycles. The van der Waals surface area contributed by atoms with Crippen molar-refractivity contribution in [2.24, 2.45) is 11.8 Å². The Morgan fingerprint density at radius 2 is 2.11 bits per heavy atom. The van der Waals surface area contributed by atoms with E-state index in [2.05, 4.69) is 20.7 Å². The SMILES string of the molecule is CCc1c(NN)ncnc1NCCCC(C)CO. The van der Waals surface area contributed by atoms with Gasteiger partial charge >= 0.3 is 0 Å². The lowest BCUT2D eigenvalue weighted by molar-refractivity contribution is 0.229. The summed E-state index contributed by atoms with van der Waals surface area (Å²) in [6.07, 6.45) is 4.31. The van der Waals surface area contributed by atoms with Crippen LogP contribution in [0.5, 0.6) is 0 Å². The van der Waals surface area contributed by atoms with Crippen LogP contribution in [0.3, 0.4) is 0 Å². The van der Waals surface area contributed by atoms with Crippen LogP contribution in [0.2, 0.25) is 0 Å². The van der Waals surface area contributed by atoms with Crippen LogP contribution in [-0.4, -0.2) is 28.2 Å². The van der Waals surface area contributed by atoms with Crippen molar-refractivity contribution in [3.63, 3.8) is 0 Å². The number of nitrogens with one attached hydrogen (secondary N) is 2. The van der Waals surface area contributed by atoms with Gasteiger partial charge in [-0.3, -0.25) is 0 Å². The molecule has 0 aliphatic carbocycles. The summed E-state index contributed by atoms with van der Waals surface area (Å²) in [5.41, 5.74) is 3.58. The molecule has 0 saturated carbocycles. The van der Waals surface area contributed by atoms with E-state index in [9.17, 15) is 0 Å².